The lowest BCUT2D eigenvalue weighted by Crippen LogP contribution is -2.37. The Hall–Kier alpha value is -2.54. The molecule has 1 aliphatic heterocycles. The third kappa shape index (κ3) is 3.81. The Labute approximate surface area is 138 Å². The maximum Gasteiger partial charge on any atom is 0.415 e. The van der Waals surface area contributed by atoms with Gasteiger partial charge in [-0.05, 0) is 42.1 Å². The average Bonchev–Trinajstić information content (AvgIpc) is 3.14. The number of ether oxygens (including phenoxy) is 1. The molecule has 1 unspecified atom stereocenters. The molecule has 23 heavy (non-hydrogen) atoms. The van der Waals surface area contributed by atoms with Crippen molar-refractivity contribution in [3.63, 3.8) is 0 Å². The van der Waals surface area contributed by atoms with Gasteiger partial charge < -0.3 is 15.4 Å². The van der Waals surface area contributed by atoms with E-state index in [1.165, 1.54) is 11.3 Å². The third-order valence-electron chi connectivity index (χ3n) is 3.41. The minimum absolute atomic E-state index is 0.269. The van der Waals surface area contributed by atoms with Crippen LogP contribution in [0.2, 0.25) is 0 Å². The van der Waals surface area contributed by atoms with Crippen molar-refractivity contribution in [2.45, 2.75) is 13.0 Å². The number of nitrogens with one attached hydrogen (secondary N) is 2. The molecule has 1 fully saturated rings. The second-order valence-electron chi connectivity index (χ2n) is 5.27. The summed E-state index contributed by atoms with van der Waals surface area (Å²) in [7, 11) is 0. The molecule has 0 aliphatic carbocycles. The van der Waals surface area contributed by atoms with Crippen LogP contribution in [0.3, 0.4) is 0 Å². The Morgan fingerprint density at radius 3 is 3.00 bits per heavy atom. The zero-order valence-electron chi connectivity index (χ0n) is 12.6. The van der Waals surface area contributed by atoms with E-state index in [1.54, 1.807) is 4.90 Å². The number of thiophene rings is 1. The van der Waals surface area contributed by atoms with Gasteiger partial charge in [0.25, 0.3) is 0 Å². The molecule has 1 aromatic heterocycles. The van der Waals surface area contributed by atoms with Gasteiger partial charge in [0.1, 0.15) is 11.1 Å². The van der Waals surface area contributed by atoms with Gasteiger partial charge in [0, 0.05) is 5.69 Å². The van der Waals surface area contributed by atoms with Crippen LogP contribution in [0.1, 0.15) is 5.56 Å². The second-order valence-corrected chi connectivity index (χ2v) is 6.20. The summed E-state index contributed by atoms with van der Waals surface area (Å²) in [5.41, 5.74) is 1.80. The van der Waals surface area contributed by atoms with Gasteiger partial charge in [-0.15, -0.1) is 11.3 Å². The predicted octanol–water partition coefficient (Wildman–Crippen LogP) is 3.20. The number of amides is 3. The van der Waals surface area contributed by atoms with Crippen LogP contribution >= 0.6 is 11.3 Å². The highest BCUT2D eigenvalue weighted by atomic mass is 32.1. The van der Waals surface area contributed by atoms with E-state index < -0.39 is 0 Å². The fourth-order valence-electron chi connectivity index (χ4n) is 2.34. The molecule has 2 N–H and O–H groups in total. The molecule has 6 nitrogen and oxygen atoms in total. The first-order valence-electron chi connectivity index (χ1n) is 7.25. The number of aryl methyl sites for hydroxylation is 1. The number of cyclic esters (lactones) is 1. The summed E-state index contributed by atoms with van der Waals surface area (Å²) >= 11 is 1.48. The molecule has 2 aromatic rings. The van der Waals surface area contributed by atoms with Crippen molar-refractivity contribution in [3.8, 4) is 0 Å². The van der Waals surface area contributed by atoms with Crippen LogP contribution in [0.15, 0.2) is 41.8 Å². The van der Waals surface area contributed by atoms with Gasteiger partial charge in [0.05, 0.1) is 13.1 Å². The topological polar surface area (TPSA) is 70.7 Å². The van der Waals surface area contributed by atoms with E-state index in [1.807, 2.05) is 48.7 Å². The summed E-state index contributed by atoms with van der Waals surface area (Å²) in [5.74, 6) is 0. The second kappa shape index (κ2) is 6.70. The standard InChI is InChI=1S/C16H17N3O3S/c1-11-4-2-5-12(8-11)18-15(20)17-9-13-10-19(16(21)22-13)14-6-3-7-23-14/h2-8,13H,9-10H2,1H3,(H2,17,18,20). The van der Waals surface area contributed by atoms with Gasteiger partial charge in [-0.2, -0.15) is 0 Å². The van der Waals surface area contributed by atoms with Crippen molar-refractivity contribution >= 4 is 34.1 Å². The van der Waals surface area contributed by atoms with E-state index in [-0.39, 0.29) is 24.8 Å². The minimum atomic E-state index is -0.377. The molecule has 1 aromatic carbocycles. The summed E-state index contributed by atoms with van der Waals surface area (Å²) < 4.78 is 5.27. The molecule has 2 heterocycles. The minimum Gasteiger partial charge on any atom is -0.442 e. The fraction of sp³-hybridized carbons (Fsp3) is 0.250. The molecular formula is C16H17N3O3S. The first-order valence-corrected chi connectivity index (χ1v) is 8.13. The van der Waals surface area contributed by atoms with Gasteiger partial charge in [-0.25, -0.2) is 9.59 Å². The fourth-order valence-corrected chi connectivity index (χ4v) is 3.07. The van der Waals surface area contributed by atoms with Crippen molar-refractivity contribution in [1.29, 1.82) is 0 Å². The highest BCUT2D eigenvalue weighted by molar-refractivity contribution is 7.14. The number of hydrogen-bond donors (Lipinski definition) is 2. The van der Waals surface area contributed by atoms with E-state index in [9.17, 15) is 9.59 Å². The Morgan fingerprint density at radius 2 is 2.26 bits per heavy atom. The van der Waals surface area contributed by atoms with Gasteiger partial charge in [-0.3, -0.25) is 4.90 Å². The largest absolute Gasteiger partial charge is 0.442 e. The molecule has 7 heteroatoms. The maximum atomic E-state index is 11.9. The van der Waals surface area contributed by atoms with E-state index >= 15 is 0 Å². The zero-order valence-corrected chi connectivity index (χ0v) is 13.4. The van der Waals surface area contributed by atoms with Crippen molar-refractivity contribution in [1.82, 2.24) is 5.32 Å². The van der Waals surface area contributed by atoms with Crippen LogP contribution in [0.4, 0.5) is 20.3 Å². The Bertz CT molecular complexity index is 702. The van der Waals surface area contributed by atoms with Gasteiger partial charge in [0.15, 0.2) is 0 Å². The predicted molar refractivity (Wildman–Crippen MR) is 90.1 cm³/mol. The lowest BCUT2D eigenvalue weighted by atomic mass is 10.2. The van der Waals surface area contributed by atoms with Crippen molar-refractivity contribution in [2.24, 2.45) is 0 Å². The van der Waals surface area contributed by atoms with Crippen LogP contribution in [-0.4, -0.2) is 31.3 Å². The quantitative estimate of drug-likeness (QED) is 0.904. The van der Waals surface area contributed by atoms with Gasteiger partial charge in [-0.1, -0.05) is 12.1 Å². The summed E-state index contributed by atoms with van der Waals surface area (Å²) in [6, 6.07) is 11.0. The van der Waals surface area contributed by atoms with E-state index in [2.05, 4.69) is 10.6 Å². The first-order chi connectivity index (χ1) is 11.1. The number of carbonyl (C=O) groups excluding carboxylic acids is 2. The monoisotopic (exact) mass is 331 g/mol. The molecule has 0 bridgehead atoms. The number of anilines is 2. The molecule has 0 spiro atoms. The molecule has 1 atom stereocenters. The van der Waals surface area contributed by atoms with Crippen molar-refractivity contribution in [2.75, 3.05) is 23.3 Å². The SMILES string of the molecule is Cc1cccc(NC(=O)NCC2CN(c3cccs3)C(=O)O2)c1. The van der Waals surface area contributed by atoms with Crippen LogP contribution < -0.4 is 15.5 Å². The molecule has 0 radical (unpaired) electrons. The van der Waals surface area contributed by atoms with Crippen LogP contribution in [0.5, 0.6) is 0 Å². The highest BCUT2D eigenvalue weighted by Gasteiger charge is 2.32. The molecule has 0 saturated carbocycles. The van der Waals surface area contributed by atoms with Crippen LogP contribution in [0.25, 0.3) is 0 Å². The Kier molecular flexibility index (Phi) is 4.47. The lowest BCUT2D eigenvalue weighted by molar-refractivity contribution is 0.141. The summed E-state index contributed by atoms with van der Waals surface area (Å²) in [6.45, 7) is 2.66. The number of urea groups is 1. The summed E-state index contributed by atoms with van der Waals surface area (Å²) in [4.78, 5) is 25.3. The van der Waals surface area contributed by atoms with E-state index in [0.717, 1.165) is 16.3 Å². The third-order valence-corrected chi connectivity index (χ3v) is 4.30. The molecule has 1 aliphatic rings. The van der Waals surface area contributed by atoms with Crippen molar-refractivity contribution in [3.05, 3.63) is 47.3 Å². The Balaban J connectivity index is 1.49. The highest BCUT2D eigenvalue weighted by Crippen LogP contribution is 2.26. The van der Waals surface area contributed by atoms with E-state index in [4.69, 9.17) is 4.74 Å². The number of benzene rings is 1. The molecule has 120 valence electrons. The van der Waals surface area contributed by atoms with Crippen LogP contribution in [0, 0.1) is 6.92 Å². The summed E-state index contributed by atoms with van der Waals surface area (Å²) in [6.07, 6.45) is -0.730. The summed E-state index contributed by atoms with van der Waals surface area (Å²) in [5, 5.41) is 8.24. The van der Waals surface area contributed by atoms with Crippen molar-refractivity contribution < 1.29 is 14.3 Å². The zero-order chi connectivity index (χ0) is 16.2. The molecule has 3 amide bonds. The number of hydrogen-bond acceptors (Lipinski definition) is 4. The molecule has 3 rings (SSSR count). The van der Waals surface area contributed by atoms with E-state index in [0.29, 0.717) is 6.54 Å². The first kappa shape index (κ1) is 15.4. The Morgan fingerprint density at radius 1 is 1.39 bits per heavy atom. The maximum absolute atomic E-state index is 11.9. The smallest absolute Gasteiger partial charge is 0.415 e. The molecular weight excluding hydrogens is 314 g/mol. The number of rotatable bonds is 4. The van der Waals surface area contributed by atoms with Crippen LogP contribution in [-0.2, 0) is 4.74 Å². The number of nitrogens with zero attached hydrogens (tertiary/aromatic N) is 1. The van der Waals surface area contributed by atoms with Gasteiger partial charge >= 0.3 is 12.1 Å². The number of carbonyl (C=O) groups is 2. The molecule has 1 saturated heterocycles. The normalized spacial score (nSPS) is 17.0. The van der Waals surface area contributed by atoms with Gasteiger partial charge in [0.2, 0.25) is 0 Å². The average molecular weight is 331 g/mol. The lowest BCUT2D eigenvalue weighted by Gasteiger charge is -2.11.